The van der Waals surface area contributed by atoms with Crippen molar-refractivity contribution in [1.82, 2.24) is 4.98 Å². The van der Waals surface area contributed by atoms with E-state index in [1.165, 1.54) is 11.3 Å². The number of hydrogen-bond donors (Lipinski definition) is 0. The van der Waals surface area contributed by atoms with Crippen LogP contribution in [0.1, 0.15) is 12.6 Å². The molecule has 0 radical (unpaired) electrons. The molecule has 1 heterocycles. The van der Waals surface area contributed by atoms with Gasteiger partial charge in [0, 0.05) is 10.9 Å². The van der Waals surface area contributed by atoms with E-state index in [4.69, 9.17) is 9.47 Å². The van der Waals surface area contributed by atoms with Crippen LogP contribution in [-0.2, 0) is 16.0 Å². The molecule has 0 saturated carbocycles. The Morgan fingerprint density at radius 1 is 1.12 bits per heavy atom. The second kappa shape index (κ2) is 7.94. The summed E-state index contributed by atoms with van der Waals surface area (Å²) in [4.78, 5) is 16.3. The molecular weight excluding hydrogens is 334 g/mol. The predicted octanol–water partition coefficient (Wildman–Crippen LogP) is 4.59. The molecule has 0 atom stereocenters. The largest absolute Gasteiger partial charge is 0.497 e. The summed E-state index contributed by atoms with van der Waals surface area (Å²) in [5, 5.41) is 2.78. The lowest BCUT2D eigenvalue weighted by Crippen LogP contribution is -2.07. The minimum Gasteiger partial charge on any atom is -0.497 e. The Morgan fingerprint density at radius 3 is 2.64 bits per heavy atom. The molecule has 0 saturated heterocycles. The van der Waals surface area contributed by atoms with Crippen LogP contribution in [0, 0.1) is 0 Å². The van der Waals surface area contributed by atoms with Gasteiger partial charge in [-0.1, -0.05) is 30.3 Å². The molecule has 128 valence electrons. The van der Waals surface area contributed by atoms with Gasteiger partial charge in [0.15, 0.2) is 0 Å². The van der Waals surface area contributed by atoms with Crippen LogP contribution in [0.25, 0.3) is 21.7 Å². The van der Waals surface area contributed by atoms with E-state index in [-0.39, 0.29) is 12.4 Å². The van der Waals surface area contributed by atoms with Crippen molar-refractivity contribution >= 4 is 17.3 Å². The Kier molecular flexibility index (Phi) is 5.46. The van der Waals surface area contributed by atoms with Gasteiger partial charge in [-0.05, 0) is 36.2 Å². The fraction of sp³-hybridized carbons (Fsp3) is 0.200. The second-order valence-corrected chi connectivity index (χ2v) is 6.26. The van der Waals surface area contributed by atoms with Gasteiger partial charge in [-0.3, -0.25) is 4.79 Å². The standard InChI is InChI=1S/C20H19NO3S/c1-3-24-19(22)11-15-13-25-20(21-15)17-10-9-16(23-2)12-18(17)14-7-5-4-6-8-14/h4-10,12-13H,3,11H2,1-2H3. The molecule has 0 unspecified atom stereocenters. The number of hydrogen-bond acceptors (Lipinski definition) is 5. The summed E-state index contributed by atoms with van der Waals surface area (Å²) in [6.45, 7) is 2.18. The molecule has 0 bridgehead atoms. The summed E-state index contributed by atoms with van der Waals surface area (Å²) in [5.74, 6) is 0.545. The highest BCUT2D eigenvalue weighted by Gasteiger charge is 2.14. The smallest absolute Gasteiger partial charge is 0.311 e. The van der Waals surface area contributed by atoms with E-state index in [9.17, 15) is 4.79 Å². The van der Waals surface area contributed by atoms with Crippen molar-refractivity contribution in [1.29, 1.82) is 0 Å². The van der Waals surface area contributed by atoms with Crippen molar-refractivity contribution in [3.8, 4) is 27.4 Å². The molecule has 5 heteroatoms. The lowest BCUT2D eigenvalue weighted by atomic mass is 9.99. The van der Waals surface area contributed by atoms with Crippen LogP contribution < -0.4 is 4.74 Å². The third kappa shape index (κ3) is 4.06. The fourth-order valence-corrected chi connectivity index (χ4v) is 3.42. The summed E-state index contributed by atoms with van der Waals surface area (Å²) in [5.41, 5.74) is 3.90. The lowest BCUT2D eigenvalue weighted by Gasteiger charge is -2.10. The maximum Gasteiger partial charge on any atom is 0.311 e. The number of ether oxygens (including phenoxy) is 2. The first-order chi connectivity index (χ1) is 12.2. The minimum atomic E-state index is -0.252. The van der Waals surface area contributed by atoms with Gasteiger partial charge in [-0.2, -0.15) is 0 Å². The van der Waals surface area contributed by atoms with E-state index in [1.807, 2.05) is 41.8 Å². The van der Waals surface area contributed by atoms with Crippen molar-refractivity contribution in [3.63, 3.8) is 0 Å². The average molecular weight is 353 g/mol. The number of carbonyl (C=O) groups excluding carboxylic acids is 1. The number of carbonyl (C=O) groups is 1. The van der Waals surface area contributed by atoms with Crippen LogP contribution in [0.15, 0.2) is 53.9 Å². The molecule has 3 rings (SSSR count). The first-order valence-electron chi connectivity index (χ1n) is 8.05. The van der Waals surface area contributed by atoms with Gasteiger partial charge in [0.1, 0.15) is 10.8 Å². The SMILES string of the molecule is CCOC(=O)Cc1csc(-c2ccc(OC)cc2-c2ccccc2)n1. The maximum absolute atomic E-state index is 11.7. The van der Waals surface area contributed by atoms with Gasteiger partial charge >= 0.3 is 5.97 Å². The Balaban J connectivity index is 1.97. The predicted molar refractivity (Wildman–Crippen MR) is 99.9 cm³/mol. The number of aromatic nitrogens is 1. The van der Waals surface area contributed by atoms with Crippen molar-refractivity contribution in [3.05, 3.63) is 59.6 Å². The normalized spacial score (nSPS) is 10.5. The van der Waals surface area contributed by atoms with Gasteiger partial charge in [0.25, 0.3) is 0 Å². The van der Waals surface area contributed by atoms with Crippen LogP contribution in [0.5, 0.6) is 5.75 Å². The molecule has 2 aromatic carbocycles. The summed E-state index contributed by atoms with van der Waals surface area (Å²) in [6, 6.07) is 16.1. The zero-order chi connectivity index (χ0) is 17.6. The molecule has 0 fully saturated rings. The Bertz CT molecular complexity index is 858. The lowest BCUT2D eigenvalue weighted by molar-refractivity contribution is -0.142. The van der Waals surface area contributed by atoms with E-state index in [0.717, 1.165) is 33.1 Å². The molecule has 1 aromatic heterocycles. The van der Waals surface area contributed by atoms with Crippen molar-refractivity contribution in [2.75, 3.05) is 13.7 Å². The molecule has 0 aliphatic carbocycles. The minimum absolute atomic E-state index is 0.196. The van der Waals surface area contributed by atoms with E-state index in [2.05, 4.69) is 17.1 Å². The Hall–Kier alpha value is -2.66. The van der Waals surface area contributed by atoms with E-state index < -0.39 is 0 Å². The van der Waals surface area contributed by atoms with E-state index in [1.54, 1.807) is 14.0 Å². The third-order valence-corrected chi connectivity index (χ3v) is 4.65. The summed E-state index contributed by atoms with van der Waals surface area (Å²) >= 11 is 1.53. The highest BCUT2D eigenvalue weighted by atomic mass is 32.1. The molecule has 0 N–H and O–H groups in total. The van der Waals surface area contributed by atoms with Crippen molar-refractivity contribution in [2.24, 2.45) is 0 Å². The number of esters is 1. The number of methoxy groups -OCH3 is 1. The number of rotatable bonds is 6. The molecule has 4 nitrogen and oxygen atoms in total. The third-order valence-electron chi connectivity index (χ3n) is 3.72. The van der Waals surface area contributed by atoms with Crippen LogP contribution in [-0.4, -0.2) is 24.7 Å². The van der Waals surface area contributed by atoms with Crippen LogP contribution >= 0.6 is 11.3 Å². The molecule has 0 spiro atoms. The van der Waals surface area contributed by atoms with E-state index >= 15 is 0 Å². The topological polar surface area (TPSA) is 48.4 Å². The van der Waals surface area contributed by atoms with Crippen LogP contribution in [0.3, 0.4) is 0 Å². The first kappa shape index (κ1) is 17.2. The van der Waals surface area contributed by atoms with Crippen LogP contribution in [0.2, 0.25) is 0 Å². The number of thiazole rings is 1. The maximum atomic E-state index is 11.7. The molecule has 3 aromatic rings. The van der Waals surface area contributed by atoms with Crippen molar-refractivity contribution in [2.45, 2.75) is 13.3 Å². The zero-order valence-electron chi connectivity index (χ0n) is 14.2. The number of nitrogens with zero attached hydrogens (tertiary/aromatic N) is 1. The van der Waals surface area contributed by atoms with Gasteiger partial charge < -0.3 is 9.47 Å². The highest BCUT2D eigenvalue weighted by Crippen LogP contribution is 2.36. The van der Waals surface area contributed by atoms with Gasteiger partial charge in [-0.25, -0.2) is 4.98 Å². The van der Waals surface area contributed by atoms with Crippen molar-refractivity contribution < 1.29 is 14.3 Å². The average Bonchev–Trinajstić information content (AvgIpc) is 3.10. The fourth-order valence-electron chi connectivity index (χ4n) is 2.57. The molecule has 0 aliphatic rings. The van der Waals surface area contributed by atoms with E-state index in [0.29, 0.717) is 6.61 Å². The monoisotopic (exact) mass is 353 g/mol. The summed E-state index contributed by atoms with van der Waals surface area (Å²) in [7, 11) is 1.66. The van der Waals surface area contributed by atoms with Crippen LogP contribution in [0.4, 0.5) is 0 Å². The first-order valence-corrected chi connectivity index (χ1v) is 8.93. The summed E-state index contributed by atoms with van der Waals surface area (Å²) in [6.07, 6.45) is 0.196. The molecule has 0 aliphatic heterocycles. The zero-order valence-corrected chi connectivity index (χ0v) is 15.0. The second-order valence-electron chi connectivity index (χ2n) is 5.40. The molecular formula is C20H19NO3S. The quantitative estimate of drug-likeness (QED) is 0.608. The van der Waals surface area contributed by atoms with Gasteiger partial charge in [-0.15, -0.1) is 11.3 Å². The number of benzene rings is 2. The van der Waals surface area contributed by atoms with Gasteiger partial charge in [0.05, 0.1) is 25.8 Å². The molecule has 25 heavy (non-hydrogen) atoms. The summed E-state index contributed by atoms with van der Waals surface area (Å²) < 4.78 is 10.4. The van der Waals surface area contributed by atoms with Gasteiger partial charge in [0.2, 0.25) is 0 Å². The Labute approximate surface area is 151 Å². The molecule has 0 amide bonds. The Morgan fingerprint density at radius 2 is 1.92 bits per heavy atom. The highest BCUT2D eigenvalue weighted by molar-refractivity contribution is 7.13.